The molecule has 0 atom stereocenters. The van der Waals surface area contributed by atoms with Gasteiger partial charge in [0.2, 0.25) is 0 Å². The van der Waals surface area contributed by atoms with Crippen molar-refractivity contribution in [2.45, 2.75) is 26.2 Å². The van der Waals surface area contributed by atoms with E-state index in [1.807, 2.05) is 20.0 Å². The Kier molecular flexibility index (Phi) is 4.94. The molecule has 0 saturated heterocycles. The van der Waals surface area contributed by atoms with E-state index in [-0.39, 0.29) is 5.91 Å². The predicted octanol–water partition coefficient (Wildman–Crippen LogP) is 3.08. The Balaban J connectivity index is 1.51. The van der Waals surface area contributed by atoms with Crippen LogP contribution in [0.1, 0.15) is 35.3 Å². The minimum atomic E-state index is -0.131. The molecular weight excluding hydrogens is 344 g/mol. The topological polar surface area (TPSA) is 82.2 Å². The zero-order valence-electron chi connectivity index (χ0n) is 15.7. The summed E-state index contributed by atoms with van der Waals surface area (Å²) in [6, 6.07) is 5.40. The molecule has 4 rings (SSSR count). The second kappa shape index (κ2) is 7.52. The van der Waals surface area contributed by atoms with Gasteiger partial charge in [0, 0.05) is 26.8 Å². The molecule has 1 saturated carbocycles. The van der Waals surface area contributed by atoms with E-state index in [9.17, 15) is 4.79 Å². The van der Waals surface area contributed by atoms with E-state index in [2.05, 4.69) is 15.4 Å². The fraction of sp³-hybridized carbons (Fsp3) is 0.450. The summed E-state index contributed by atoms with van der Waals surface area (Å²) >= 11 is 0. The average Bonchev–Trinajstić information content (AvgIpc) is 3.22. The average molecular weight is 368 g/mol. The van der Waals surface area contributed by atoms with Crippen LogP contribution in [0.15, 0.2) is 28.9 Å². The van der Waals surface area contributed by atoms with Crippen molar-refractivity contribution in [3.05, 3.63) is 35.7 Å². The molecule has 142 valence electrons. The first-order valence-corrected chi connectivity index (χ1v) is 9.37. The number of carbonyl (C=O) groups excluding carboxylic acids is 1. The number of rotatable bonds is 8. The summed E-state index contributed by atoms with van der Waals surface area (Å²) in [7, 11) is 1.83. The van der Waals surface area contributed by atoms with Gasteiger partial charge in [-0.25, -0.2) is 4.98 Å². The van der Waals surface area contributed by atoms with Gasteiger partial charge in [0.1, 0.15) is 5.69 Å². The Morgan fingerprint density at radius 2 is 2.30 bits per heavy atom. The van der Waals surface area contributed by atoms with Crippen LogP contribution in [0, 0.1) is 12.8 Å². The SMILES string of the molecule is Cc1nn(C)c2nc(-c3ccco3)cc(C(=O)NCCCOCC3CC3)c12. The van der Waals surface area contributed by atoms with Crippen LogP contribution in [0.3, 0.4) is 0 Å². The van der Waals surface area contributed by atoms with Crippen molar-refractivity contribution in [1.29, 1.82) is 0 Å². The maximum atomic E-state index is 12.8. The molecule has 0 unspecified atom stereocenters. The van der Waals surface area contributed by atoms with Crippen LogP contribution in [0.2, 0.25) is 0 Å². The third-order valence-corrected chi connectivity index (χ3v) is 4.79. The Morgan fingerprint density at radius 1 is 1.44 bits per heavy atom. The van der Waals surface area contributed by atoms with E-state index in [0.717, 1.165) is 30.0 Å². The van der Waals surface area contributed by atoms with Gasteiger partial charge >= 0.3 is 0 Å². The largest absolute Gasteiger partial charge is 0.463 e. The molecule has 1 fully saturated rings. The number of ether oxygens (including phenoxy) is 1. The molecule has 3 aromatic rings. The van der Waals surface area contributed by atoms with Gasteiger partial charge in [0.25, 0.3) is 5.91 Å². The third kappa shape index (κ3) is 3.88. The number of amides is 1. The molecule has 7 heteroatoms. The van der Waals surface area contributed by atoms with E-state index in [1.54, 1.807) is 23.1 Å². The van der Waals surface area contributed by atoms with E-state index in [1.165, 1.54) is 12.8 Å². The smallest absolute Gasteiger partial charge is 0.252 e. The normalized spacial score (nSPS) is 14.0. The first kappa shape index (κ1) is 17.7. The Morgan fingerprint density at radius 3 is 3.04 bits per heavy atom. The molecule has 0 aromatic carbocycles. The molecule has 0 spiro atoms. The van der Waals surface area contributed by atoms with Gasteiger partial charge < -0.3 is 14.5 Å². The number of aromatic nitrogens is 3. The lowest BCUT2D eigenvalue weighted by atomic mass is 10.1. The van der Waals surface area contributed by atoms with Crippen molar-refractivity contribution in [1.82, 2.24) is 20.1 Å². The third-order valence-electron chi connectivity index (χ3n) is 4.79. The lowest BCUT2D eigenvalue weighted by Gasteiger charge is -2.09. The number of fused-ring (bicyclic) bond motifs is 1. The van der Waals surface area contributed by atoms with Crippen LogP contribution in [-0.4, -0.2) is 40.4 Å². The number of furan rings is 1. The maximum Gasteiger partial charge on any atom is 0.252 e. The molecule has 1 aliphatic carbocycles. The maximum absolute atomic E-state index is 12.8. The first-order chi connectivity index (χ1) is 13.1. The van der Waals surface area contributed by atoms with Crippen LogP contribution >= 0.6 is 0 Å². The van der Waals surface area contributed by atoms with E-state index in [4.69, 9.17) is 9.15 Å². The second-order valence-electron chi connectivity index (χ2n) is 7.07. The number of hydrogen-bond donors (Lipinski definition) is 1. The molecule has 1 amide bonds. The summed E-state index contributed by atoms with van der Waals surface area (Å²) < 4.78 is 12.8. The molecule has 7 nitrogen and oxygen atoms in total. The van der Waals surface area contributed by atoms with Crippen LogP contribution in [0.5, 0.6) is 0 Å². The Labute approximate surface area is 157 Å². The Hall–Kier alpha value is -2.67. The molecule has 1 N–H and O–H groups in total. The number of pyridine rings is 1. The van der Waals surface area contributed by atoms with E-state index < -0.39 is 0 Å². The van der Waals surface area contributed by atoms with Gasteiger partial charge in [-0.15, -0.1) is 0 Å². The lowest BCUT2D eigenvalue weighted by molar-refractivity contribution is 0.0939. The molecule has 3 aromatic heterocycles. The van der Waals surface area contributed by atoms with Crippen molar-refractivity contribution < 1.29 is 13.9 Å². The molecule has 27 heavy (non-hydrogen) atoms. The van der Waals surface area contributed by atoms with Gasteiger partial charge in [-0.1, -0.05) is 0 Å². The molecule has 0 bridgehead atoms. The monoisotopic (exact) mass is 368 g/mol. The fourth-order valence-electron chi connectivity index (χ4n) is 3.18. The van der Waals surface area contributed by atoms with Crippen molar-refractivity contribution in [3.63, 3.8) is 0 Å². The summed E-state index contributed by atoms with van der Waals surface area (Å²) in [6.45, 7) is 3.98. The summed E-state index contributed by atoms with van der Waals surface area (Å²) in [6.07, 6.45) is 4.97. The molecule has 3 heterocycles. The highest BCUT2D eigenvalue weighted by atomic mass is 16.5. The Bertz CT molecular complexity index is 942. The van der Waals surface area contributed by atoms with Gasteiger partial charge in [0.15, 0.2) is 11.4 Å². The minimum absolute atomic E-state index is 0.131. The van der Waals surface area contributed by atoms with Crippen LogP contribution in [-0.2, 0) is 11.8 Å². The molecule has 0 aliphatic heterocycles. The summed E-state index contributed by atoms with van der Waals surface area (Å²) in [5, 5.41) is 8.19. The number of aryl methyl sites for hydroxylation is 2. The highest BCUT2D eigenvalue weighted by Crippen LogP contribution is 2.29. The predicted molar refractivity (Wildman–Crippen MR) is 101 cm³/mol. The zero-order chi connectivity index (χ0) is 18.8. The summed E-state index contributed by atoms with van der Waals surface area (Å²) in [5.41, 5.74) is 2.63. The minimum Gasteiger partial charge on any atom is -0.463 e. The summed E-state index contributed by atoms with van der Waals surface area (Å²) in [5.74, 6) is 1.25. The van der Waals surface area contributed by atoms with Gasteiger partial charge in [-0.2, -0.15) is 5.10 Å². The van der Waals surface area contributed by atoms with Gasteiger partial charge in [-0.3, -0.25) is 9.48 Å². The zero-order valence-corrected chi connectivity index (χ0v) is 15.7. The van der Waals surface area contributed by atoms with Crippen LogP contribution in [0.4, 0.5) is 0 Å². The number of nitrogens with one attached hydrogen (secondary N) is 1. The fourth-order valence-corrected chi connectivity index (χ4v) is 3.18. The highest BCUT2D eigenvalue weighted by molar-refractivity contribution is 6.07. The van der Waals surface area contributed by atoms with E-state index in [0.29, 0.717) is 35.8 Å². The van der Waals surface area contributed by atoms with Crippen molar-refractivity contribution in [2.75, 3.05) is 19.8 Å². The molecule has 1 aliphatic rings. The number of nitrogens with zero attached hydrogens (tertiary/aromatic N) is 3. The molecular formula is C20H24N4O3. The van der Waals surface area contributed by atoms with Crippen molar-refractivity contribution in [3.8, 4) is 11.5 Å². The van der Waals surface area contributed by atoms with Crippen LogP contribution in [0.25, 0.3) is 22.5 Å². The van der Waals surface area contributed by atoms with Gasteiger partial charge in [0.05, 0.1) is 22.9 Å². The van der Waals surface area contributed by atoms with Gasteiger partial charge in [-0.05, 0) is 50.3 Å². The quantitative estimate of drug-likeness (QED) is 0.618. The first-order valence-electron chi connectivity index (χ1n) is 9.37. The lowest BCUT2D eigenvalue weighted by Crippen LogP contribution is -2.25. The van der Waals surface area contributed by atoms with Crippen molar-refractivity contribution >= 4 is 16.9 Å². The van der Waals surface area contributed by atoms with Crippen LogP contribution < -0.4 is 5.32 Å². The van der Waals surface area contributed by atoms with Crippen molar-refractivity contribution in [2.24, 2.45) is 13.0 Å². The highest BCUT2D eigenvalue weighted by Gasteiger charge is 2.21. The number of hydrogen-bond acceptors (Lipinski definition) is 5. The molecule has 0 radical (unpaired) electrons. The number of carbonyl (C=O) groups is 1. The standard InChI is InChI=1S/C20H24N4O3/c1-13-18-15(20(25)21-8-4-9-26-12-14-6-7-14)11-16(17-5-3-10-27-17)22-19(18)24(2)23-13/h3,5,10-11,14H,4,6-9,12H2,1-2H3,(H,21,25). The second-order valence-corrected chi connectivity index (χ2v) is 7.07. The summed E-state index contributed by atoms with van der Waals surface area (Å²) in [4.78, 5) is 17.5. The van der Waals surface area contributed by atoms with E-state index >= 15 is 0 Å².